The van der Waals surface area contributed by atoms with E-state index < -0.39 is 23.5 Å². The normalized spacial score (nSPS) is 15.6. The molecule has 6 nitrogen and oxygen atoms in total. The average molecular weight is 504 g/mol. The van der Waals surface area contributed by atoms with E-state index in [4.69, 9.17) is 21.1 Å². The molecule has 0 bridgehead atoms. The number of ether oxygens (including phenoxy) is 2. The SMILES string of the molecule is COc1ccc(CCN2C(=O)C(O)=C(C(=O)/C=C/c3ccccc3)[C@@H]2c2ccccc2Cl)cc1OC. The minimum atomic E-state index is -0.820. The van der Waals surface area contributed by atoms with Crippen molar-refractivity contribution in [3.05, 3.63) is 112 Å². The number of methoxy groups -OCH3 is 2. The number of amides is 1. The van der Waals surface area contributed by atoms with Crippen LogP contribution in [0.15, 0.2) is 90.2 Å². The Morgan fingerprint density at radius 1 is 1.00 bits per heavy atom. The van der Waals surface area contributed by atoms with Gasteiger partial charge in [-0.25, -0.2) is 0 Å². The summed E-state index contributed by atoms with van der Waals surface area (Å²) in [5, 5.41) is 11.2. The molecular weight excluding hydrogens is 478 g/mol. The Labute approximate surface area is 215 Å². The number of aliphatic hydroxyl groups excluding tert-OH is 1. The van der Waals surface area contributed by atoms with Crippen molar-refractivity contribution in [2.75, 3.05) is 20.8 Å². The molecule has 3 aromatic carbocycles. The van der Waals surface area contributed by atoms with Crippen molar-refractivity contribution < 1.29 is 24.2 Å². The minimum absolute atomic E-state index is 0.00703. The summed E-state index contributed by atoms with van der Waals surface area (Å²) in [7, 11) is 3.12. The lowest BCUT2D eigenvalue weighted by atomic mass is 9.95. The molecule has 1 aliphatic heterocycles. The molecule has 0 radical (unpaired) electrons. The Kier molecular flexibility index (Phi) is 7.76. The second-order valence-electron chi connectivity index (χ2n) is 8.23. The van der Waals surface area contributed by atoms with Gasteiger partial charge in [-0.3, -0.25) is 9.59 Å². The van der Waals surface area contributed by atoms with E-state index in [2.05, 4.69) is 0 Å². The number of aliphatic hydroxyl groups is 1. The highest BCUT2D eigenvalue weighted by atomic mass is 35.5. The zero-order valence-corrected chi connectivity index (χ0v) is 20.7. The van der Waals surface area contributed by atoms with Crippen LogP contribution in [0.4, 0.5) is 0 Å². The molecule has 1 heterocycles. The number of allylic oxidation sites excluding steroid dienone is 1. The number of halogens is 1. The summed E-state index contributed by atoms with van der Waals surface area (Å²) in [4.78, 5) is 28.0. The van der Waals surface area contributed by atoms with Gasteiger partial charge in [0.15, 0.2) is 23.0 Å². The van der Waals surface area contributed by atoms with Gasteiger partial charge in [0.25, 0.3) is 5.91 Å². The van der Waals surface area contributed by atoms with Crippen molar-refractivity contribution in [1.82, 2.24) is 4.90 Å². The van der Waals surface area contributed by atoms with Gasteiger partial charge in [0.1, 0.15) is 0 Å². The third-order valence-electron chi connectivity index (χ3n) is 6.09. The van der Waals surface area contributed by atoms with Gasteiger partial charge in [-0.2, -0.15) is 0 Å². The van der Waals surface area contributed by atoms with E-state index in [-0.39, 0.29) is 12.1 Å². The lowest BCUT2D eigenvalue weighted by Crippen LogP contribution is -2.33. The summed E-state index contributed by atoms with van der Waals surface area (Å²) in [5.41, 5.74) is 2.31. The summed E-state index contributed by atoms with van der Waals surface area (Å²) in [6.45, 7) is 0.243. The third kappa shape index (κ3) is 5.14. The van der Waals surface area contributed by atoms with Gasteiger partial charge in [-0.15, -0.1) is 0 Å². The number of carbonyl (C=O) groups is 2. The molecule has 1 N–H and O–H groups in total. The van der Waals surface area contributed by atoms with Crippen LogP contribution >= 0.6 is 11.6 Å². The molecule has 7 heteroatoms. The van der Waals surface area contributed by atoms with Crippen LogP contribution in [0.3, 0.4) is 0 Å². The van der Waals surface area contributed by atoms with E-state index in [9.17, 15) is 14.7 Å². The van der Waals surface area contributed by atoms with E-state index >= 15 is 0 Å². The van der Waals surface area contributed by atoms with Crippen LogP contribution < -0.4 is 9.47 Å². The Balaban J connectivity index is 1.66. The molecule has 3 aromatic rings. The Hall–Kier alpha value is -4.03. The quantitative estimate of drug-likeness (QED) is 0.386. The molecule has 0 fully saturated rings. The Bertz CT molecular complexity index is 1330. The van der Waals surface area contributed by atoms with Gasteiger partial charge < -0.3 is 19.5 Å². The summed E-state index contributed by atoms with van der Waals surface area (Å²) >= 11 is 6.50. The molecule has 1 amide bonds. The zero-order valence-electron chi connectivity index (χ0n) is 20.0. The van der Waals surface area contributed by atoms with E-state index in [0.717, 1.165) is 11.1 Å². The molecular formula is C29H26ClNO5. The smallest absolute Gasteiger partial charge is 0.290 e. The standard InChI is InChI=1S/C29H26ClNO5/c1-35-24-15-13-20(18-25(24)36-2)16-17-31-27(21-10-6-7-11-22(21)30)26(28(33)29(31)34)23(32)14-12-19-8-4-3-5-9-19/h3-15,18,27,33H,16-17H2,1-2H3/b14-12+/t27-/m0/s1. The Morgan fingerprint density at radius 3 is 2.39 bits per heavy atom. The average Bonchev–Trinajstić information content (AvgIpc) is 3.16. The molecule has 0 spiro atoms. The van der Waals surface area contributed by atoms with Crippen LogP contribution in [-0.2, 0) is 16.0 Å². The number of hydrogen-bond donors (Lipinski definition) is 1. The van der Waals surface area contributed by atoms with E-state index in [1.165, 1.54) is 11.0 Å². The first-order valence-electron chi connectivity index (χ1n) is 11.4. The van der Waals surface area contributed by atoms with Crippen molar-refractivity contribution in [2.45, 2.75) is 12.5 Å². The molecule has 0 saturated heterocycles. The van der Waals surface area contributed by atoms with Crippen LogP contribution in [0.25, 0.3) is 6.08 Å². The van der Waals surface area contributed by atoms with Gasteiger partial charge in [0.05, 0.1) is 25.8 Å². The zero-order chi connectivity index (χ0) is 25.7. The molecule has 1 atom stereocenters. The number of rotatable bonds is 9. The number of hydrogen-bond acceptors (Lipinski definition) is 5. The second-order valence-corrected chi connectivity index (χ2v) is 8.64. The van der Waals surface area contributed by atoms with Crippen molar-refractivity contribution in [3.8, 4) is 11.5 Å². The van der Waals surface area contributed by atoms with Crippen molar-refractivity contribution in [3.63, 3.8) is 0 Å². The molecule has 1 aliphatic rings. The first kappa shape index (κ1) is 25.1. The highest BCUT2D eigenvalue weighted by molar-refractivity contribution is 6.31. The topological polar surface area (TPSA) is 76.1 Å². The number of ketones is 1. The maximum Gasteiger partial charge on any atom is 0.290 e. The monoisotopic (exact) mass is 503 g/mol. The van der Waals surface area contributed by atoms with Gasteiger partial charge in [-0.1, -0.05) is 72.3 Å². The van der Waals surface area contributed by atoms with E-state index in [0.29, 0.717) is 28.5 Å². The van der Waals surface area contributed by atoms with Gasteiger partial charge in [-0.05, 0) is 47.4 Å². The summed E-state index contributed by atoms with van der Waals surface area (Å²) in [6.07, 6.45) is 3.49. The van der Waals surface area contributed by atoms with Crippen LogP contribution in [0.1, 0.15) is 22.7 Å². The molecule has 184 valence electrons. The third-order valence-corrected chi connectivity index (χ3v) is 6.43. The molecule has 4 rings (SSSR count). The molecule has 0 aliphatic carbocycles. The van der Waals surface area contributed by atoms with Gasteiger partial charge in [0.2, 0.25) is 0 Å². The van der Waals surface area contributed by atoms with Gasteiger partial charge >= 0.3 is 0 Å². The van der Waals surface area contributed by atoms with Crippen molar-refractivity contribution >= 4 is 29.4 Å². The first-order chi connectivity index (χ1) is 17.4. The first-order valence-corrected chi connectivity index (χ1v) is 11.8. The van der Waals surface area contributed by atoms with E-state index in [1.54, 1.807) is 50.6 Å². The highest BCUT2D eigenvalue weighted by Gasteiger charge is 2.43. The largest absolute Gasteiger partial charge is 0.503 e. The number of carbonyl (C=O) groups excluding carboxylic acids is 2. The molecule has 0 unspecified atom stereocenters. The Morgan fingerprint density at radius 2 is 1.69 bits per heavy atom. The van der Waals surface area contributed by atoms with Crippen LogP contribution in [-0.4, -0.2) is 42.5 Å². The fourth-order valence-electron chi connectivity index (χ4n) is 4.27. The maximum absolute atomic E-state index is 13.3. The van der Waals surface area contributed by atoms with Crippen LogP contribution in [0, 0.1) is 0 Å². The predicted molar refractivity (Wildman–Crippen MR) is 139 cm³/mol. The lowest BCUT2D eigenvalue weighted by molar-refractivity contribution is -0.129. The van der Waals surface area contributed by atoms with Crippen LogP contribution in [0.5, 0.6) is 11.5 Å². The molecule has 36 heavy (non-hydrogen) atoms. The number of nitrogens with zero attached hydrogens (tertiary/aromatic N) is 1. The summed E-state index contributed by atoms with van der Waals surface area (Å²) < 4.78 is 10.7. The van der Waals surface area contributed by atoms with E-state index in [1.807, 2.05) is 42.5 Å². The lowest BCUT2D eigenvalue weighted by Gasteiger charge is -2.27. The minimum Gasteiger partial charge on any atom is -0.503 e. The van der Waals surface area contributed by atoms with Gasteiger partial charge in [0, 0.05) is 11.6 Å². The summed E-state index contributed by atoms with van der Waals surface area (Å²) in [6, 6.07) is 21.0. The van der Waals surface area contributed by atoms with Crippen molar-refractivity contribution in [2.24, 2.45) is 0 Å². The fraction of sp³-hybridized carbons (Fsp3) is 0.172. The molecule has 0 aromatic heterocycles. The maximum atomic E-state index is 13.3. The highest BCUT2D eigenvalue weighted by Crippen LogP contribution is 2.41. The fourth-order valence-corrected chi connectivity index (χ4v) is 4.51. The van der Waals surface area contributed by atoms with Crippen LogP contribution in [0.2, 0.25) is 5.02 Å². The predicted octanol–water partition coefficient (Wildman–Crippen LogP) is 5.58. The summed E-state index contributed by atoms with van der Waals surface area (Å²) in [5.74, 6) is -0.451. The van der Waals surface area contributed by atoms with Crippen molar-refractivity contribution in [1.29, 1.82) is 0 Å². The second kappa shape index (κ2) is 11.1. The molecule has 0 saturated carbocycles. The number of benzene rings is 3.